The van der Waals surface area contributed by atoms with Crippen molar-refractivity contribution in [2.45, 2.75) is 110 Å². The van der Waals surface area contributed by atoms with E-state index in [9.17, 15) is 14.4 Å². The maximum atomic E-state index is 13.8. The third kappa shape index (κ3) is 8.13. The summed E-state index contributed by atoms with van der Waals surface area (Å²) >= 11 is 0. The first kappa shape index (κ1) is 34.0. The predicted octanol–water partition coefficient (Wildman–Crippen LogP) is 4.77. The molecule has 1 aliphatic carbocycles. The first-order chi connectivity index (χ1) is 19.9. The average Bonchev–Trinajstić information content (AvgIpc) is 3.34. The SMILES string of the molecule is CC1(C)CCC(c2cc(C(C)(C)C)c3oc(C(=O)N4CCN(C(=O)CC[C@H](N)C(=O)O)CC4(C)C)cc3n2)CC1.O=CO. The largest absolute Gasteiger partial charge is 0.483 e. The zero-order valence-electron chi connectivity index (χ0n) is 26.6. The number of hydrogen-bond donors (Lipinski definition) is 3. The summed E-state index contributed by atoms with van der Waals surface area (Å²) in [5.41, 5.74) is 8.64. The fourth-order valence-corrected chi connectivity index (χ4v) is 6.05. The molecule has 0 spiro atoms. The third-order valence-electron chi connectivity index (χ3n) is 8.76. The molecule has 1 atom stereocenters. The van der Waals surface area contributed by atoms with Crippen molar-refractivity contribution in [3.8, 4) is 0 Å². The van der Waals surface area contributed by atoms with Crippen LogP contribution >= 0.6 is 0 Å². The van der Waals surface area contributed by atoms with E-state index in [-0.39, 0.29) is 42.3 Å². The first-order valence-corrected chi connectivity index (χ1v) is 15.0. The van der Waals surface area contributed by atoms with Gasteiger partial charge in [0.2, 0.25) is 5.91 Å². The fraction of sp³-hybridized carbons (Fsp3) is 0.656. The van der Waals surface area contributed by atoms with E-state index in [0.717, 1.165) is 29.6 Å². The molecule has 2 aromatic rings. The summed E-state index contributed by atoms with van der Waals surface area (Å²) in [6.07, 6.45) is 4.70. The van der Waals surface area contributed by atoms with E-state index in [4.69, 9.17) is 30.1 Å². The highest BCUT2D eigenvalue weighted by atomic mass is 16.4. The van der Waals surface area contributed by atoms with E-state index >= 15 is 0 Å². The molecule has 2 aromatic heterocycles. The molecule has 0 aromatic carbocycles. The number of carboxylic acid groups (broad SMARTS) is 2. The molecule has 2 aliphatic rings. The number of amides is 2. The van der Waals surface area contributed by atoms with Gasteiger partial charge in [0.15, 0.2) is 11.3 Å². The Morgan fingerprint density at radius 3 is 2.28 bits per heavy atom. The van der Waals surface area contributed by atoms with E-state index in [0.29, 0.717) is 36.6 Å². The standard InChI is InChI=1S/C31H46N4O5.CH2O2/c1-29(2,3)20-16-22(19-10-12-30(4,5)13-11-19)33-23-17-24(40-26(20)23)27(37)35-15-14-34(18-31(35,6)7)25(36)9-8-21(32)28(38)39;2-1-3/h16-17,19,21H,8-15,18,32H2,1-7H3,(H,38,39);1H,(H,2,3)/t21-;/m0./s1. The molecule has 0 bridgehead atoms. The van der Waals surface area contributed by atoms with Crippen LogP contribution in [-0.2, 0) is 19.8 Å². The van der Waals surface area contributed by atoms with E-state index < -0.39 is 17.6 Å². The molecule has 2 fully saturated rings. The zero-order chi connectivity index (χ0) is 32.3. The Morgan fingerprint density at radius 1 is 1.14 bits per heavy atom. The Morgan fingerprint density at radius 2 is 1.74 bits per heavy atom. The number of aliphatic carboxylic acids is 1. The highest BCUT2D eigenvalue weighted by molar-refractivity contribution is 5.96. The van der Waals surface area contributed by atoms with Crippen LogP contribution in [-0.4, -0.2) is 80.5 Å². The molecule has 11 nitrogen and oxygen atoms in total. The van der Waals surface area contributed by atoms with Crippen molar-refractivity contribution < 1.29 is 33.8 Å². The van der Waals surface area contributed by atoms with Crippen LogP contribution in [0.5, 0.6) is 0 Å². The Kier molecular flexibility index (Phi) is 10.3. The minimum Gasteiger partial charge on any atom is -0.483 e. The fourth-order valence-electron chi connectivity index (χ4n) is 6.05. The Balaban J connectivity index is 0.00000162. The lowest BCUT2D eigenvalue weighted by molar-refractivity contribution is -0.139. The van der Waals surface area contributed by atoms with Crippen LogP contribution in [0.3, 0.4) is 0 Å². The van der Waals surface area contributed by atoms with E-state index in [1.165, 1.54) is 12.8 Å². The molecule has 3 heterocycles. The number of nitrogens with zero attached hydrogens (tertiary/aromatic N) is 3. The van der Waals surface area contributed by atoms with E-state index in [1.807, 2.05) is 13.8 Å². The van der Waals surface area contributed by atoms with E-state index in [1.54, 1.807) is 15.9 Å². The van der Waals surface area contributed by atoms with Crippen LogP contribution in [0.4, 0.5) is 0 Å². The van der Waals surface area contributed by atoms with Crippen LogP contribution in [0.25, 0.3) is 11.1 Å². The van der Waals surface area contributed by atoms with Crippen molar-refractivity contribution in [3.05, 3.63) is 29.2 Å². The minimum atomic E-state index is -1.12. The van der Waals surface area contributed by atoms with Gasteiger partial charge < -0.3 is 30.2 Å². The van der Waals surface area contributed by atoms with Crippen molar-refractivity contribution >= 4 is 35.4 Å². The second-order valence-corrected chi connectivity index (χ2v) is 14.3. The summed E-state index contributed by atoms with van der Waals surface area (Å²) in [5, 5.41) is 15.9. The molecule has 43 heavy (non-hydrogen) atoms. The van der Waals surface area contributed by atoms with Gasteiger partial charge in [-0.1, -0.05) is 34.6 Å². The number of carbonyl (C=O) groups is 4. The molecule has 238 valence electrons. The topological polar surface area (TPSA) is 167 Å². The van der Waals surface area contributed by atoms with Gasteiger partial charge >= 0.3 is 5.97 Å². The number of furan rings is 1. The lowest BCUT2D eigenvalue weighted by Gasteiger charge is -2.46. The number of fused-ring (bicyclic) bond motifs is 1. The summed E-state index contributed by atoms with van der Waals surface area (Å²) in [5.74, 6) is -0.826. The Hall–Kier alpha value is -3.47. The van der Waals surface area contributed by atoms with Gasteiger partial charge in [0.05, 0.1) is 5.54 Å². The first-order valence-electron chi connectivity index (χ1n) is 15.0. The van der Waals surface area contributed by atoms with Gasteiger partial charge in [-0.15, -0.1) is 0 Å². The molecule has 0 unspecified atom stereocenters. The van der Waals surface area contributed by atoms with Crippen molar-refractivity contribution in [2.24, 2.45) is 11.1 Å². The summed E-state index contributed by atoms with van der Waals surface area (Å²) in [6, 6.07) is 2.91. The van der Waals surface area contributed by atoms with Crippen LogP contribution < -0.4 is 5.73 Å². The van der Waals surface area contributed by atoms with Gasteiger partial charge in [0.1, 0.15) is 11.6 Å². The predicted molar refractivity (Wildman–Crippen MR) is 163 cm³/mol. The summed E-state index contributed by atoms with van der Waals surface area (Å²) in [6.45, 7) is 15.8. The lowest BCUT2D eigenvalue weighted by atomic mass is 9.72. The number of nitrogens with two attached hydrogens (primary N) is 1. The molecule has 4 N–H and O–H groups in total. The number of pyridine rings is 1. The lowest BCUT2D eigenvalue weighted by Crippen LogP contribution is -2.62. The van der Waals surface area contributed by atoms with Gasteiger partial charge in [0, 0.05) is 49.3 Å². The maximum Gasteiger partial charge on any atom is 0.320 e. The number of piperazine rings is 1. The molecule has 0 radical (unpaired) electrons. The van der Waals surface area contributed by atoms with E-state index in [2.05, 4.69) is 40.7 Å². The third-order valence-corrected chi connectivity index (χ3v) is 8.76. The monoisotopic (exact) mass is 600 g/mol. The summed E-state index contributed by atoms with van der Waals surface area (Å²) in [4.78, 5) is 54.4. The summed E-state index contributed by atoms with van der Waals surface area (Å²) < 4.78 is 6.27. The van der Waals surface area contributed by atoms with Crippen molar-refractivity contribution in [1.82, 2.24) is 14.8 Å². The van der Waals surface area contributed by atoms with Crippen molar-refractivity contribution in [1.29, 1.82) is 0 Å². The number of rotatable bonds is 6. The normalized spacial score (nSPS) is 19.3. The number of aromatic nitrogens is 1. The van der Waals surface area contributed by atoms with Crippen molar-refractivity contribution in [3.63, 3.8) is 0 Å². The van der Waals surface area contributed by atoms with Crippen LogP contribution in [0, 0.1) is 5.41 Å². The number of hydrogen-bond acceptors (Lipinski definition) is 7. The van der Waals surface area contributed by atoms with Gasteiger partial charge in [-0.05, 0) is 62.8 Å². The summed E-state index contributed by atoms with van der Waals surface area (Å²) in [7, 11) is 0. The number of carboxylic acids is 1. The highest BCUT2D eigenvalue weighted by Crippen LogP contribution is 2.43. The molecule has 1 aliphatic heterocycles. The highest BCUT2D eigenvalue weighted by Gasteiger charge is 2.40. The Labute approximate surface area is 253 Å². The second kappa shape index (κ2) is 13.0. The molecular formula is C32H48N4O7. The second-order valence-electron chi connectivity index (χ2n) is 14.3. The van der Waals surface area contributed by atoms with Crippen molar-refractivity contribution in [2.75, 3.05) is 19.6 Å². The quantitative estimate of drug-likeness (QED) is 0.396. The number of carbonyl (C=O) groups excluding carboxylic acids is 2. The van der Waals surface area contributed by atoms with Gasteiger partial charge in [-0.3, -0.25) is 19.2 Å². The van der Waals surface area contributed by atoms with Crippen LogP contribution in [0.2, 0.25) is 0 Å². The molecule has 2 amide bonds. The van der Waals surface area contributed by atoms with Gasteiger partial charge in [-0.25, -0.2) is 4.98 Å². The van der Waals surface area contributed by atoms with Gasteiger partial charge in [-0.2, -0.15) is 0 Å². The van der Waals surface area contributed by atoms with Crippen LogP contribution in [0.15, 0.2) is 16.5 Å². The zero-order valence-corrected chi connectivity index (χ0v) is 26.6. The average molecular weight is 601 g/mol. The molecule has 11 heteroatoms. The van der Waals surface area contributed by atoms with Gasteiger partial charge in [0.25, 0.3) is 12.4 Å². The molecule has 1 saturated carbocycles. The molecule has 1 saturated heterocycles. The minimum absolute atomic E-state index is 0.0587. The maximum absolute atomic E-state index is 13.8. The smallest absolute Gasteiger partial charge is 0.320 e. The Bertz CT molecular complexity index is 1330. The van der Waals surface area contributed by atoms with Crippen LogP contribution in [0.1, 0.15) is 115 Å². The molecule has 4 rings (SSSR count). The molecular weight excluding hydrogens is 552 g/mol.